The summed E-state index contributed by atoms with van der Waals surface area (Å²) in [5, 5.41) is 3.39. The Kier molecular flexibility index (Phi) is 2.09. The summed E-state index contributed by atoms with van der Waals surface area (Å²) >= 11 is 0. The van der Waals surface area contributed by atoms with E-state index in [2.05, 4.69) is 19.2 Å². The van der Waals surface area contributed by atoms with E-state index >= 15 is 0 Å². The topological polar surface area (TPSA) is 12.0 Å². The fraction of sp³-hybridized carbons (Fsp3) is 1.00. The Labute approximate surface area is 57.4 Å². The van der Waals surface area contributed by atoms with Crippen LogP contribution >= 0.6 is 0 Å². The maximum atomic E-state index is 3.39. The minimum absolute atomic E-state index is 1.19. The molecular formula is C7H17N2+. The maximum Gasteiger partial charge on any atom is 0.132 e. The highest BCUT2D eigenvalue weighted by molar-refractivity contribution is 4.51. The van der Waals surface area contributed by atoms with Crippen molar-refractivity contribution >= 4 is 0 Å². The lowest BCUT2D eigenvalue weighted by Crippen LogP contribution is -2.46. The van der Waals surface area contributed by atoms with Gasteiger partial charge in [0.25, 0.3) is 0 Å². The second-order valence-corrected chi connectivity index (χ2v) is 2.86. The van der Waals surface area contributed by atoms with E-state index in [0.29, 0.717) is 0 Å². The fourth-order valence-electron chi connectivity index (χ4n) is 1.47. The molecule has 1 fully saturated rings. The van der Waals surface area contributed by atoms with Gasteiger partial charge >= 0.3 is 0 Å². The Bertz CT molecular complexity index is 78.9. The minimum Gasteiger partial charge on any atom is -0.311 e. The second-order valence-electron chi connectivity index (χ2n) is 2.86. The molecule has 0 aliphatic carbocycles. The molecule has 2 heteroatoms. The molecule has 1 N–H and O–H groups in total. The van der Waals surface area contributed by atoms with Crippen molar-refractivity contribution in [2.75, 3.05) is 32.8 Å². The SMILES string of the molecule is CC[N+]1(CC)CCNC1. The molecule has 9 heavy (non-hydrogen) atoms. The lowest BCUT2D eigenvalue weighted by molar-refractivity contribution is -0.913. The molecule has 1 saturated heterocycles. The van der Waals surface area contributed by atoms with Gasteiger partial charge in [0.05, 0.1) is 19.6 Å². The molecule has 0 atom stereocenters. The molecule has 0 aromatic heterocycles. The molecule has 2 nitrogen and oxygen atoms in total. The molecule has 0 bridgehead atoms. The van der Waals surface area contributed by atoms with Crippen molar-refractivity contribution in [1.82, 2.24) is 5.32 Å². The van der Waals surface area contributed by atoms with Crippen LogP contribution in [0.5, 0.6) is 0 Å². The third kappa shape index (κ3) is 1.25. The van der Waals surface area contributed by atoms with Crippen LogP contribution < -0.4 is 5.32 Å². The van der Waals surface area contributed by atoms with E-state index < -0.39 is 0 Å². The number of likely N-dealkylation sites (N-methyl/N-ethyl adjacent to an activating group) is 1. The van der Waals surface area contributed by atoms with Gasteiger partial charge in [0.1, 0.15) is 6.67 Å². The first-order valence-electron chi connectivity index (χ1n) is 3.89. The normalized spacial score (nSPS) is 24.7. The van der Waals surface area contributed by atoms with E-state index in [1.807, 2.05) is 0 Å². The number of hydrogen-bond acceptors (Lipinski definition) is 1. The van der Waals surface area contributed by atoms with Crippen LogP contribution in [0.4, 0.5) is 0 Å². The van der Waals surface area contributed by atoms with Crippen LogP contribution in [-0.2, 0) is 0 Å². The quantitative estimate of drug-likeness (QED) is 0.532. The molecule has 0 aromatic rings. The number of rotatable bonds is 2. The van der Waals surface area contributed by atoms with Crippen LogP contribution in [0.25, 0.3) is 0 Å². The summed E-state index contributed by atoms with van der Waals surface area (Å²) in [5.74, 6) is 0. The van der Waals surface area contributed by atoms with Gasteiger partial charge in [0, 0.05) is 6.54 Å². The number of hydrogen-bond donors (Lipinski definition) is 1. The van der Waals surface area contributed by atoms with Gasteiger partial charge in [0.2, 0.25) is 0 Å². The van der Waals surface area contributed by atoms with E-state index in [1.54, 1.807) is 0 Å². The zero-order chi connectivity index (χ0) is 6.74. The Morgan fingerprint density at radius 3 is 2.22 bits per heavy atom. The van der Waals surface area contributed by atoms with Crippen molar-refractivity contribution in [3.8, 4) is 0 Å². The Hall–Kier alpha value is -0.0800. The molecule has 0 aromatic carbocycles. The molecule has 0 unspecified atom stereocenters. The molecule has 1 aliphatic rings. The molecule has 0 amide bonds. The Morgan fingerprint density at radius 2 is 2.00 bits per heavy atom. The summed E-state index contributed by atoms with van der Waals surface area (Å²) in [6, 6.07) is 0. The van der Waals surface area contributed by atoms with E-state index in [-0.39, 0.29) is 0 Å². The first-order chi connectivity index (χ1) is 4.33. The summed E-state index contributed by atoms with van der Waals surface area (Å²) in [5.41, 5.74) is 0. The summed E-state index contributed by atoms with van der Waals surface area (Å²) in [4.78, 5) is 0. The Morgan fingerprint density at radius 1 is 1.33 bits per heavy atom. The third-order valence-electron chi connectivity index (χ3n) is 2.55. The van der Waals surface area contributed by atoms with E-state index in [0.717, 1.165) is 0 Å². The molecule has 1 heterocycles. The maximum absolute atomic E-state index is 3.39. The van der Waals surface area contributed by atoms with Crippen molar-refractivity contribution in [3.63, 3.8) is 0 Å². The largest absolute Gasteiger partial charge is 0.311 e. The molecule has 54 valence electrons. The number of quaternary nitrogens is 1. The standard InChI is InChI=1S/C7H17N2/c1-3-9(4-2)6-5-8-7-9/h8H,3-7H2,1-2H3/q+1. The van der Waals surface area contributed by atoms with E-state index in [4.69, 9.17) is 0 Å². The smallest absolute Gasteiger partial charge is 0.132 e. The third-order valence-corrected chi connectivity index (χ3v) is 2.55. The van der Waals surface area contributed by atoms with Gasteiger partial charge in [-0.15, -0.1) is 0 Å². The summed E-state index contributed by atoms with van der Waals surface area (Å²) in [6.45, 7) is 10.8. The fourth-order valence-corrected chi connectivity index (χ4v) is 1.47. The van der Waals surface area contributed by atoms with Crippen molar-refractivity contribution in [1.29, 1.82) is 0 Å². The molecule has 0 spiro atoms. The summed E-state index contributed by atoms with van der Waals surface area (Å²) in [7, 11) is 0. The lowest BCUT2D eigenvalue weighted by atomic mass is 10.4. The van der Waals surface area contributed by atoms with Crippen molar-refractivity contribution < 1.29 is 4.48 Å². The second kappa shape index (κ2) is 2.67. The highest BCUT2D eigenvalue weighted by Gasteiger charge is 2.26. The minimum atomic E-state index is 1.19. The summed E-state index contributed by atoms with van der Waals surface area (Å²) in [6.07, 6.45) is 0. The van der Waals surface area contributed by atoms with Gasteiger partial charge < -0.3 is 4.48 Å². The first-order valence-corrected chi connectivity index (χ1v) is 3.89. The van der Waals surface area contributed by atoms with Crippen LogP contribution in [0.2, 0.25) is 0 Å². The zero-order valence-corrected chi connectivity index (χ0v) is 6.48. The average molecular weight is 129 g/mol. The molecule has 0 radical (unpaired) electrons. The zero-order valence-electron chi connectivity index (χ0n) is 6.48. The van der Waals surface area contributed by atoms with Crippen LogP contribution in [-0.4, -0.2) is 37.3 Å². The van der Waals surface area contributed by atoms with E-state index in [1.165, 1.54) is 37.3 Å². The van der Waals surface area contributed by atoms with E-state index in [9.17, 15) is 0 Å². The summed E-state index contributed by atoms with van der Waals surface area (Å²) < 4.78 is 1.28. The average Bonchev–Trinajstić information content (AvgIpc) is 2.36. The van der Waals surface area contributed by atoms with Gasteiger partial charge in [-0.2, -0.15) is 0 Å². The van der Waals surface area contributed by atoms with Crippen LogP contribution in [0.1, 0.15) is 13.8 Å². The first kappa shape index (κ1) is 7.03. The predicted molar refractivity (Wildman–Crippen MR) is 39.1 cm³/mol. The molecule has 0 saturated carbocycles. The molecule has 1 aliphatic heterocycles. The number of nitrogens with zero attached hydrogens (tertiary/aromatic N) is 1. The van der Waals surface area contributed by atoms with Gasteiger partial charge in [-0.3, -0.25) is 5.32 Å². The Balaban J connectivity index is 2.45. The van der Waals surface area contributed by atoms with Crippen LogP contribution in [0.3, 0.4) is 0 Å². The predicted octanol–water partition coefficient (Wildman–Crippen LogP) is 0.404. The van der Waals surface area contributed by atoms with Crippen molar-refractivity contribution in [2.24, 2.45) is 0 Å². The van der Waals surface area contributed by atoms with Gasteiger partial charge in [-0.1, -0.05) is 0 Å². The highest BCUT2D eigenvalue weighted by atomic mass is 15.4. The lowest BCUT2D eigenvalue weighted by Gasteiger charge is -2.30. The van der Waals surface area contributed by atoms with Gasteiger partial charge in [0.15, 0.2) is 0 Å². The van der Waals surface area contributed by atoms with Crippen molar-refractivity contribution in [3.05, 3.63) is 0 Å². The van der Waals surface area contributed by atoms with Crippen molar-refractivity contribution in [2.45, 2.75) is 13.8 Å². The molecule has 1 rings (SSSR count). The monoisotopic (exact) mass is 129 g/mol. The van der Waals surface area contributed by atoms with Gasteiger partial charge in [-0.25, -0.2) is 0 Å². The number of nitrogens with one attached hydrogen (secondary N) is 1. The van der Waals surface area contributed by atoms with Crippen LogP contribution in [0, 0.1) is 0 Å². The highest BCUT2D eigenvalue weighted by Crippen LogP contribution is 2.07. The van der Waals surface area contributed by atoms with Crippen LogP contribution in [0.15, 0.2) is 0 Å². The van der Waals surface area contributed by atoms with Gasteiger partial charge in [-0.05, 0) is 13.8 Å². The molecular weight excluding hydrogens is 112 g/mol.